The number of amides is 2. The van der Waals surface area contributed by atoms with E-state index in [4.69, 9.17) is 10.2 Å². The number of carbonyl (C=O) groups excluding carboxylic acids is 2. The van der Waals surface area contributed by atoms with Gasteiger partial charge in [0.15, 0.2) is 0 Å². The van der Waals surface area contributed by atoms with Gasteiger partial charge in [0.1, 0.15) is 29.1 Å². The molecule has 26 heavy (non-hydrogen) atoms. The fourth-order valence-corrected chi connectivity index (χ4v) is 2.79. The summed E-state index contributed by atoms with van der Waals surface area (Å²) < 4.78 is 18.6. The largest absolute Gasteiger partial charge is 0.464 e. The first-order chi connectivity index (χ1) is 12.3. The van der Waals surface area contributed by atoms with E-state index < -0.39 is 17.8 Å². The standard InChI is InChI=1S/C18H19FN4O3/c1-11-3-8-14(26-11)10-22(2)18(25)15-9-16(17(20)24)23(21-15)13-6-4-12(19)5-7-13/h3-8,16H,9-10H2,1-2H3,(H2,20,24). The Morgan fingerprint density at radius 2 is 2.00 bits per heavy atom. The first-order valence-electron chi connectivity index (χ1n) is 8.07. The van der Waals surface area contributed by atoms with Crippen LogP contribution < -0.4 is 10.7 Å². The highest BCUT2D eigenvalue weighted by molar-refractivity contribution is 6.40. The minimum atomic E-state index is -0.793. The summed E-state index contributed by atoms with van der Waals surface area (Å²) in [4.78, 5) is 25.9. The molecule has 0 saturated carbocycles. The SMILES string of the molecule is Cc1ccc(CN(C)C(=O)C2=NN(c3ccc(F)cc3)C(C(N)=O)C2)o1. The maximum absolute atomic E-state index is 13.1. The highest BCUT2D eigenvalue weighted by atomic mass is 19.1. The van der Waals surface area contributed by atoms with Gasteiger partial charge >= 0.3 is 0 Å². The number of hydrazone groups is 1. The zero-order chi connectivity index (χ0) is 18.8. The predicted molar refractivity (Wildman–Crippen MR) is 93.8 cm³/mol. The second kappa shape index (κ2) is 6.99. The fourth-order valence-electron chi connectivity index (χ4n) is 2.79. The molecular formula is C18H19FN4O3. The molecule has 2 N–H and O–H groups in total. The van der Waals surface area contributed by atoms with Crippen molar-refractivity contribution in [1.29, 1.82) is 0 Å². The maximum Gasteiger partial charge on any atom is 0.270 e. The van der Waals surface area contributed by atoms with Crippen molar-refractivity contribution in [2.75, 3.05) is 12.1 Å². The van der Waals surface area contributed by atoms with Gasteiger partial charge in [0.25, 0.3) is 5.91 Å². The third kappa shape index (κ3) is 3.58. The minimum absolute atomic E-state index is 0.0903. The molecule has 1 aliphatic heterocycles. The Kier molecular flexibility index (Phi) is 4.75. The monoisotopic (exact) mass is 358 g/mol. The van der Waals surface area contributed by atoms with Gasteiger partial charge in [-0.25, -0.2) is 4.39 Å². The Morgan fingerprint density at radius 1 is 1.31 bits per heavy atom. The van der Waals surface area contributed by atoms with Crippen LogP contribution in [0.5, 0.6) is 0 Å². The molecule has 2 aromatic rings. The summed E-state index contributed by atoms with van der Waals surface area (Å²) in [5.74, 6) is 0.0755. The van der Waals surface area contributed by atoms with E-state index in [2.05, 4.69) is 5.10 Å². The summed E-state index contributed by atoms with van der Waals surface area (Å²) in [5, 5.41) is 5.62. The molecule has 1 aromatic carbocycles. The molecular weight excluding hydrogens is 339 g/mol. The highest BCUT2D eigenvalue weighted by Crippen LogP contribution is 2.25. The van der Waals surface area contributed by atoms with Gasteiger partial charge in [0.05, 0.1) is 12.2 Å². The summed E-state index contributed by atoms with van der Waals surface area (Å²) in [6.07, 6.45) is 0.0903. The second-order valence-corrected chi connectivity index (χ2v) is 6.16. The molecule has 0 bridgehead atoms. The minimum Gasteiger partial charge on any atom is -0.464 e. The number of benzene rings is 1. The van der Waals surface area contributed by atoms with E-state index >= 15 is 0 Å². The molecule has 8 heteroatoms. The van der Waals surface area contributed by atoms with Crippen molar-refractivity contribution in [3.8, 4) is 0 Å². The van der Waals surface area contributed by atoms with Crippen molar-refractivity contribution in [2.24, 2.45) is 10.8 Å². The number of primary amides is 1. The van der Waals surface area contributed by atoms with Crippen molar-refractivity contribution in [3.05, 3.63) is 53.7 Å². The van der Waals surface area contributed by atoms with E-state index in [1.54, 1.807) is 13.1 Å². The van der Waals surface area contributed by atoms with Crippen LogP contribution in [0.15, 0.2) is 45.9 Å². The molecule has 1 atom stereocenters. The molecule has 1 unspecified atom stereocenters. The maximum atomic E-state index is 13.1. The van der Waals surface area contributed by atoms with E-state index in [1.807, 2.05) is 13.0 Å². The van der Waals surface area contributed by atoms with Gasteiger partial charge in [0, 0.05) is 13.5 Å². The van der Waals surface area contributed by atoms with Crippen LogP contribution in [0.1, 0.15) is 17.9 Å². The molecule has 136 valence electrons. The molecule has 0 saturated heterocycles. The summed E-state index contributed by atoms with van der Waals surface area (Å²) >= 11 is 0. The number of aryl methyl sites for hydroxylation is 1. The lowest BCUT2D eigenvalue weighted by atomic mass is 10.1. The fraction of sp³-hybridized carbons (Fsp3) is 0.278. The molecule has 0 radical (unpaired) electrons. The van der Waals surface area contributed by atoms with Gasteiger partial charge in [-0.3, -0.25) is 14.6 Å². The van der Waals surface area contributed by atoms with Gasteiger partial charge in [-0.1, -0.05) is 0 Å². The number of hydrogen-bond acceptors (Lipinski definition) is 5. The number of nitrogens with zero attached hydrogens (tertiary/aromatic N) is 3. The number of rotatable bonds is 5. The smallest absolute Gasteiger partial charge is 0.270 e. The molecule has 1 aromatic heterocycles. The Balaban J connectivity index is 1.80. The average Bonchev–Trinajstić information content (AvgIpc) is 3.21. The van der Waals surface area contributed by atoms with Crippen LogP contribution in [0.4, 0.5) is 10.1 Å². The van der Waals surface area contributed by atoms with E-state index in [1.165, 1.54) is 34.2 Å². The highest BCUT2D eigenvalue weighted by Gasteiger charge is 2.36. The number of furan rings is 1. The third-order valence-electron chi connectivity index (χ3n) is 4.11. The molecule has 7 nitrogen and oxygen atoms in total. The van der Waals surface area contributed by atoms with Crippen LogP contribution in [0.2, 0.25) is 0 Å². The average molecular weight is 358 g/mol. The summed E-state index contributed by atoms with van der Waals surface area (Å²) in [6, 6.07) is 8.31. The topological polar surface area (TPSA) is 92.1 Å². The predicted octanol–water partition coefficient (Wildman–Crippen LogP) is 1.81. The zero-order valence-electron chi connectivity index (χ0n) is 14.5. The Morgan fingerprint density at radius 3 is 2.58 bits per heavy atom. The van der Waals surface area contributed by atoms with E-state index in [-0.39, 0.29) is 24.6 Å². The van der Waals surface area contributed by atoms with E-state index in [0.717, 1.165) is 5.76 Å². The lowest BCUT2D eigenvalue weighted by Crippen LogP contribution is -2.40. The lowest BCUT2D eigenvalue weighted by molar-refractivity contribution is -0.123. The number of halogens is 1. The van der Waals surface area contributed by atoms with Gasteiger partial charge < -0.3 is 15.1 Å². The van der Waals surface area contributed by atoms with E-state index in [0.29, 0.717) is 11.4 Å². The van der Waals surface area contributed by atoms with Crippen LogP contribution in [0, 0.1) is 12.7 Å². The number of carbonyl (C=O) groups is 2. The van der Waals surface area contributed by atoms with Gasteiger partial charge in [-0.2, -0.15) is 5.10 Å². The molecule has 1 aliphatic rings. The van der Waals surface area contributed by atoms with Gasteiger partial charge in [0.2, 0.25) is 5.91 Å². The molecule has 2 amide bonds. The van der Waals surface area contributed by atoms with Crippen LogP contribution in [0.25, 0.3) is 0 Å². The summed E-state index contributed by atoms with van der Waals surface area (Å²) in [7, 11) is 1.63. The number of anilines is 1. The van der Waals surface area contributed by atoms with Crippen molar-refractivity contribution in [3.63, 3.8) is 0 Å². The van der Waals surface area contributed by atoms with Crippen LogP contribution in [-0.4, -0.2) is 35.5 Å². The number of hydrogen-bond donors (Lipinski definition) is 1. The van der Waals surface area contributed by atoms with Gasteiger partial charge in [-0.15, -0.1) is 0 Å². The zero-order valence-corrected chi connectivity index (χ0v) is 14.5. The first-order valence-corrected chi connectivity index (χ1v) is 8.07. The Labute approximate surface area is 149 Å². The summed E-state index contributed by atoms with van der Waals surface area (Å²) in [6.45, 7) is 2.11. The Bertz CT molecular complexity index is 860. The quantitative estimate of drug-likeness (QED) is 0.882. The summed E-state index contributed by atoms with van der Waals surface area (Å²) in [5.41, 5.74) is 6.15. The van der Waals surface area contributed by atoms with Crippen LogP contribution in [0.3, 0.4) is 0 Å². The number of nitrogens with two attached hydrogens (primary N) is 1. The van der Waals surface area contributed by atoms with Crippen molar-refractivity contribution in [1.82, 2.24) is 4.90 Å². The van der Waals surface area contributed by atoms with Crippen LogP contribution in [-0.2, 0) is 16.1 Å². The van der Waals surface area contributed by atoms with Gasteiger partial charge in [-0.05, 0) is 43.3 Å². The molecule has 3 rings (SSSR count). The third-order valence-corrected chi connectivity index (χ3v) is 4.11. The second-order valence-electron chi connectivity index (χ2n) is 6.16. The normalized spacial score (nSPS) is 16.5. The Hall–Kier alpha value is -3.16. The first kappa shape index (κ1) is 17.7. The molecule has 0 aliphatic carbocycles. The van der Waals surface area contributed by atoms with Crippen molar-refractivity contribution in [2.45, 2.75) is 25.9 Å². The van der Waals surface area contributed by atoms with Crippen molar-refractivity contribution >= 4 is 23.2 Å². The molecule has 0 fully saturated rings. The van der Waals surface area contributed by atoms with E-state index in [9.17, 15) is 14.0 Å². The van der Waals surface area contributed by atoms with Crippen molar-refractivity contribution < 1.29 is 18.4 Å². The molecule has 2 heterocycles. The van der Waals surface area contributed by atoms with Crippen LogP contribution >= 0.6 is 0 Å². The lowest BCUT2D eigenvalue weighted by Gasteiger charge is -2.20. The molecule has 0 spiro atoms.